The third-order valence-electron chi connectivity index (χ3n) is 3.98. The number of nitrogens with one attached hydrogen (secondary N) is 1. The summed E-state index contributed by atoms with van der Waals surface area (Å²) in [5.74, 6) is -1.65. The highest BCUT2D eigenvalue weighted by Crippen LogP contribution is 2.33. The van der Waals surface area contributed by atoms with Crippen molar-refractivity contribution < 1.29 is 17.9 Å². The van der Waals surface area contributed by atoms with Crippen molar-refractivity contribution in [2.75, 3.05) is 5.32 Å². The number of hydrogen-bond acceptors (Lipinski definition) is 5. The lowest BCUT2D eigenvalue weighted by molar-refractivity contribution is 0.100. The number of nitrogens with zero attached hydrogens (tertiary/aromatic N) is 1. The Morgan fingerprint density at radius 2 is 2.15 bits per heavy atom. The van der Waals surface area contributed by atoms with E-state index in [-0.39, 0.29) is 27.7 Å². The molecule has 6 nitrogen and oxygen atoms in total. The van der Waals surface area contributed by atoms with E-state index in [9.17, 15) is 17.9 Å². The number of nitrogens with two attached hydrogens (primary N) is 1. The number of primary amides is 1. The molecule has 3 aromatic rings. The maximum atomic E-state index is 14.3. The summed E-state index contributed by atoms with van der Waals surface area (Å²) in [7, 11) is 0. The molecule has 3 N–H and O–H groups in total. The molecule has 0 radical (unpaired) electrons. The Morgan fingerprint density at radius 3 is 2.81 bits per heavy atom. The summed E-state index contributed by atoms with van der Waals surface area (Å²) in [5.41, 5.74) is 7.52. The Hall–Kier alpha value is -2.55. The van der Waals surface area contributed by atoms with Crippen LogP contribution in [0.4, 0.5) is 15.8 Å². The lowest BCUT2D eigenvalue weighted by atomic mass is 10.0. The topological polar surface area (TPSA) is 108 Å². The molecular formula is C18H14ClFN3O3S-. The highest BCUT2D eigenvalue weighted by molar-refractivity contribution is 7.78. The minimum absolute atomic E-state index is 0.0432. The first-order valence-electron chi connectivity index (χ1n) is 7.77. The minimum Gasteiger partial charge on any atom is -0.772 e. The number of pyridine rings is 1. The molecule has 1 unspecified atom stereocenters. The van der Waals surface area contributed by atoms with Gasteiger partial charge in [-0.15, -0.1) is 0 Å². The summed E-state index contributed by atoms with van der Waals surface area (Å²) in [6, 6.07) is 7.69. The number of rotatable bonds is 5. The highest BCUT2D eigenvalue weighted by atomic mass is 35.5. The normalized spacial score (nSPS) is 12.1. The summed E-state index contributed by atoms with van der Waals surface area (Å²) in [6.45, 7) is 1.76. The van der Waals surface area contributed by atoms with Gasteiger partial charge in [-0.2, -0.15) is 0 Å². The van der Waals surface area contributed by atoms with Gasteiger partial charge in [0.2, 0.25) is 0 Å². The largest absolute Gasteiger partial charge is 0.772 e. The number of fused-ring (bicyclic) bond motifs is 1. The fourth-order valence-corrected chi connectivity index (χ4v) is 3.44. The second-order valence-corrected chi connectivity index (χ2v) is 7.20. The molecule has 0 saturated heterocycles. The number of amides is 1. The van der Waals surface area contributed by atoms with Crippen LogP contribution in [0.25, 0.3) is 10.9 Å². The summed E-state index contributed by atoms with van der Waals surface area (Å²) >= 11 is 3.53. The van der Waals surface area contributed by atoms with Gasteiger partial charge in [0.1, 0.15) is 0 Å². The quantitative estimate of drug-likeness (QED) is 0.630. The second kappa shape index (κ2) is 7.59. The van der Waals surface area contributed by atoms with Crippen molar-refractivity contribution in [2.45, 2.75) is 12.7 Å². The third-order valence-corrected chi connectivity index (χ3v) is 4.84. The van der Waals surface area contributed by atoms with Crippen LogP contribution in [0.3, 0.4) is 0 Å². The first-order chi connectivity index (χ1) is 12.8. The van der Waals surface area contributed by atoms with Crippen LogP contribution in [0.15, 0.2) is 36.5 Å². The Kier molecular flexibility index (Phi) is 5.41. The van der Waals surface area contributed by atoms with E-state index in [1.54, 1.807) is 25.1 Å². The van der Waals surface area contributed by atoms with Crippen LogP contribution in [-0.4, -0.2) is 19.7 Å². The molecule has 1 amide bonds. The predicted molar refractivity (Wildman–Crippen MR) is 102 cm³/mol. The number of halogens is 2. The maximum Gasteiger partial charge on any atom is 0.252 e. The number of hydrogen-bond donors (Lipinski definition) is 2. The number of anilines is 2. The van der Waals surface area contributed by atoms with Crippen LogP contribution in [0.2, 0.25) is 5.02 Å². The molecule has 0 aliphatic heterocycles. The van der Waals surface area contributed by atoms with Gasteiger partial charge in [-0.05, 0) is 36.2 Å². The Balaban J connectivity index is 2.27. The first kappa shape index (κ1) is 19.2. The summed E-state index contributed by atoms with van der Waals surface area (Å²) in [5, 5.41) is 3.22. The molecule has 1 atom stereocenters. The van der Waals surface area contributed by atoms with Crippen molar-refractivity contribution in [3.63, 3.8) is 0 Å². The zero-order valence-corrected chi connectivity index (χ0v) is 15.7. The van der Waals surface area contributed by atoms with Crippen molar-refractivity contribution >= 4 is 50.9 Å². The van der Waals surface area contributed by atoms with Crippen molar-refractivity contribution in [3.05, 3.63) is 64.1 Å². The van der Waals surface area contributed by atoms with Crippen LogP contribution < -0.4 is 11.1 Å². The molecule has 2 aromatic carbocycles. The Bertz CT molecular complexity index is 1090. The van der Waals surface area contributed by atoms with Crippen molar-refractivity contribution in [2.24, 2.45) is 5.73 Å². The zero-order chi connectivity index (χ0) is 19.7. The summed E-state index contributed by atoms with van der Waals surface area (Å²) in [6.07, 6.45) is 1.30. The van der Waals surface area contributed by atoms with E-state index in [2.05, 4.69) is 10.3 Å². The van der Waals surface area contributed by atoms with Crippen LogP contribution in [-0.2, 0) is 16.8 Å². The zero-order valence-electron chi connectivity index (χ0n) is 14.1. The first-order valence-corrected chi connectivity index (χ1v) is 9.39. The predicted octanol–water partition coefficient (Wildman–Crippen LogP) is 3.56. The van der Waals surface area contributed by atoms with E-state index in [1.807, 2.05) is 0 Å². The average Bonchev–Trinajstić information content (AvgIpc) is 2.58. The molecular weight excluding hydrogens is 393 g/mol. The van der Waals surface area contributed by atoms with Crippen LogP contribution in [0.5, 0.6) is 0 Å². The molecule has 0 spiro atoms. The fourth-order valence-electron chi connectivity index (χ4n) is 2.83. The monoisotopic (exact) mass is 406 g/mol. The summed E-state index contributed by atoms with van der Waals surface area (Å²) in [4.78, 5) is 16.1. The SMILES string of the molecule is Cc1cc(CS(=O)[O-])cc2c(Nc3cccc(Cl)c3F)c(C(N)=O)cnc12. The van der Waals surface area contributed by atoms with E-state index < -0.39 is 22.8 Å². The maximum absolute atomic E-state index is 14.3. The number of aryl methyl sites for hydroxylation is 1. The van der Waals surface area contributed by atoms with Gasteiger partial charge in [-0.3, -0.25) is 14.0 Å². The third kappa shape index (κ3) is 3.92. The lowest BCUT2D eigenvalue weighted by Crippen LogP contribution is -2.14. The second-order valence-electron chi connectivity index (χ2n) is 5.89. The van der Waals surface area contributed by atoms with Gasteiger partial charge in [-0.25, -0.2) is 4.39 Å². The molecule has 0 aliphatic carbocycles. The van der Waals surface area contributed by atoms with Gasteiger partial charge in [0.05, 0.1) is 27.5 Å². The average molecular weight is 407 g/mol. The van der Waals surface area contributed by atoms with E-state index in [0.29, 0.717) is 22.0 Å². The van der Waals surface area contributed by atoms with Crippen LogP contribution in [0.1, 0.15) is 21.5 Å². The van der Waals surface area contributed by atoms with E-state index in [1.165, 1.54) is 18.3 Å². The number of carbonyl (C=O) groups excluding carboxylic acids is 1. The number of carbonyl (C=O) groups is 1. The smallest absolute Gasteiger partial charge is 0.252 e. The van der Waals surface area contributed by atoms with Crippen LogP contribution >= 0.6 is 11.6 Å². The van der Waals surface area contributed by atoms with Crippen LogP contribution in [0, 0.1) is 12.7 Å². The molecule has 0 aliphatic rings. The molecule has 9 heteroatoms. The molecule has 0 saturated carbocycles. The standard InChI is InChI=1S/C18H15ClFN3O3S/c1-9-5-10(8-27(25)26)6-11-16(9)22-7-12(18(21)24)17(11)23-14-4-2-3-13(19)15(14)20/h2-7H,8H2,1H3,(H2,21,24)(H,22,23)(H,25,26)/p-1. The molecule has 3 rings (SSSR count). The summed E-state index contributed by atoms with van der Waals surface area (Å²) < 4.78 is 36.5. The van der Waals surface area contributed by atoms with Gasteiger partial charge < -0.3 is 15.6 Å². The molecule has 27 heavy (non-hydrogen) atoms. The molecule has 1 aromatic heterocycles. The Labute approximate surface area is 161 Å². The van der Waals surface area contributed by atoms with E-state index in [4.69, 9.17) is 17.3 Å². The highest BCUT2D eigenvalue weighted by Gasteiger charge is 2.17. The molecule has 140 valence electrons. The molecule has 0 bridgehead atoms. The number of benzene rings is 2. The van der Waals surface area contributed by atoms with E-state index >= 15 is 0 Å². The molecule has 1 heterocycles. The fraction of sp³-hybridized carbons (Fsp3) is 0.111. The van der Waals surface area contributed by atoms with Gasteiger partial charge >= 0.3 is 0 Å². The molecule has 0 fully saturated rings. The van der Waals surface area contributed by atoms with Gasteiger partial charge in [0, 0.05) is 17.3 Å². The van der Waals surface area contributed by atoms with E-state index in [0.717, 1.165) is 0 Å². The number of aromatic nitrogens is 1. The van der Waals surface area contributed by atoms with Crippen molar-refractivity contribution in [1.82, 2.24) is 4.98 Å². The van der Waals surface area contributed by atoms with Gasteiger partial charge in [0.15, 0.2) is 5.82 Å². The van der Waals surface area contributed by atoms with Crippen molar-refractivity contribution in [3.8, 4) is 0 Å². The van der Waals surface area contributed by atoms with Crippen molar-refractivity contribution in [1.29, 1.82) is 0 Å². The lowest BCUT2D eigenvalue weighted by Gasteiger charge is -2.16. The van der Waals surface area contributed by atoms with Gasteiger partial charge in [0.25, 0.3) is 5.91 Å². The minimum atomic E-state index is -2.29. The van der Waals surface area contributed by atoms with Gasteiger partial charge in [-0.1, -0.05) is 34.8 Å². The Morgan fingerprint density at radius 1 is 1.41 bits per heavy atom.